The van der Waals surface area contributed by atoms with E-state index in [1.54, 1.807) is 12.1 Å². The van der Waals surface area contributed by atoms with Gasteiger partial charge in [0.15, 0.2) is 11.5 Å². The van der Waals surface area contributed by atoms with Gasteiger partial charge in [0, 0.05) is 30.9 Å². The van der Waals surface area contributed by atoms with Gasteiger partial charge in [-0.15, -0.1) is 0 Å². The van der Waals surface area contributed by atoms with Gasteiger partial charge in [-0.2, -0.15) is 0 Å². The van der Waals surface area contributed by atoms with Crippen molar-refractivity contribution in [1.82, 2.24) is 0 Å². The first-order valence-electron chi connectivity index (χ1n) is 6.61. The molecule has 1 heterocycles. The van der Waals surface area contributed by atoms with Gasteiger partial charge in [-0.1, -0.05) is 18.5 Å². The predicted octanol–water partition coefficient (Wildman–Crippen LogP) is 3.98. The summed E-state index contributed by atoms with van der Waals surface area (Å²) in [5, 5.41) is 0.622. The Kier molecular flexibility index (Phi) is 2.79. The number of hydrogen-bond acceptors (Lipinski definition) is 3. The van der Waals surface area contributed by atoms with Crippen LogP contribution in [0.3, 0.4) is 0 Å². The summed E-state index contributed by atoms with van der Waals surface area (Å²) >= 11 is 5.97. The molecule has 4 heteroatoms. The second kappa shape index (κ2) is 4.14. The van der Waals surface area contributed by atoms with E-state index in [2.05, 4.69) is 6.92 Å². The molecule has 3 rings (SSSR count). The van der Waals surface area contributed by atoms with Gasteiger partial charge in [0.1, 0.15) is 5.78 Å². The first-order valence-corrected chi connectivity index (χ1v) is 6.99. The van der Waals surface area contributed by atoms with Crippen LogP contribution in [0.25, 0.3) is 0 Å². The van der Waals surface area contributed by atoms with Crippen LogP contribution >= 0.6 is 11.6 Å². The summed E-state index contributed by atoms with van der Waals surface area (Å²) in [4.78, 5) is 11.8. The molecule has 0 unspecified atom stereocenters. The van der Waals surface area contributed by atoms with Crippen molar-refractivity contribution in [2.24, 2.45) is 5.41 Å². The number of ketones is 1. The van der Waals surface area contributed by atoms with Crippen molar-refractivity contribution in [1.29, 1.82) is 0 Å². The highest BCUT2D eigenvalue weighted by Crippen LogP contribution is 2.52. The van der Waals surface area contributed by atoms with Crippen molar-refractivity contribution >= 4 is 17.4 Å². The van der Waals surface area contributed by atoms with E-state index in [0.29, 0.717) is 29.4 Å². The summed E-state index contributed by atoms with van der Waals surface area (Å²) in [7, 11) is 0. The number of ether oxygens (including phenoxy) is 2. The minimum Gasteiger partial charge on any atom is -0.448 e. The topological polar surface area (TPSA) is 35.5 Å². The van der Waals surface area contributed by atoms with Crippen LogP contribution < -0.4 is 9.47 Å². The maximum Gasteiger partial charge on any atom is 0.254 e. The van der Waals surface area contributed by atoms with Crippen molar-refractivity contribution < 1.29 is 14.3 Å². The molecular formula is C15H17ClO3. The molecule has 0 aromatic heterocycles. The van der Waals surface area contributed by atoms with Crippen molar-refractivity contribution in [3.05, 3.63) is 23.2 Å². The van der Waals surface area contributed by atoms with Gasteiger partial charge in [0.25, 0.3) is 5.79 Å². The van der Waals surface area contributed by atoms with Crippen molar-refractivity contribution in [3.8, 4) is 11.5 Å². The normalized spacial score (nSPS) is 33.5. The van der Waals surface area contributed by atoms with Gasteiger partial charge in [-0.05, 0) is 25.0 Å². The van der Waals surface area contributed by atoms with Crippen molar-refractivity contribution in [2.75, 3.05) is 0 Å². The summed E-state index contributed by atoms with van der Waals surface area (Å²) in [6.45, 7) is 3.98. The minimum absolute atomic E-state index is 0.288. The Morgan fingerprint density at radius 1 is 1.21 bits per heavy atom. The zero-order valence-electron chi connectivity index (χ0n) is 11.2. The number of Topliss-reactive ketones (excluding diaryl/α,β-unsaturated/α-hetero) is 1. The molecule has 2 atom stereocenters. The fraction of sp³-hybridized carbons (Fsp3) is 0.533. The van der Waals surface area contributed by atoms with Gasteiger partial charge in [0.2, 0.25) is 0 Å². The van der Waals surface area contributed by atoms with E-state index in [9.17, 15) is 4.79 Å². The van der Waals surface area contributed by atoms with Gasteiger partial charge in [-0.3, -0.25) is 4.79 Å². The number of halogens is 1. The number of carbonyl (C=O) groups is 1. The highest BCUT2D eigenvalue weighted by molar-refractivity contribution is 6.30. The van der Waals surface area contributed by atoms with Gasteiger partial charge >= 0.3 is 0 Å². The lowest BCUT2D eigenvalue weighted by molar-refractivity contribution is -0.174. The van der Waals surface area contributed by atoms with Crippen LogP contribution in [0.15, 0.2) is 18.2 Å². The number of benzene rings is 1. The molecular weight excluding hydrogens is 264 g/mol. The molecule has 1 fully saturated rings. The fourth-order valence-electron chi connectivity index (χ4n) is 3.01. The van der Waals surface area contributed by atoms with Crippen LogP contribution in [-0.2, 0) is 4.79 Å². The molecule has 3 nitrogen and oxygen atoms in total. The molecule has 2 aliphatic rings. The second-order valence-corrected chi connectivity index (χ2v) is 6.31. The first-order chi connectivity index (χ1) is 8.92. The second-order valence-electron chi connectivity index (χ2n) is 5.87. The van der Waals surface area contributed by atoms with Crippen LogP contribution in [0, 0.1) is 5.41 Å². The molecule has 1 saturated carbocycles. The van der Waals surface area contributed by atoms with Crippen LogP contribution in [-0.4, -0.2) is 11.6 Å². The monoisotopic (exact) mass is 280 g/mol. The van der Waals surface area contributed by atoms with Crippen LogP contribution in [0.1, 0.15) is 39.5 Å². The zero-order chi connectivity index (χ0) is 13.7. The number of fused-ring (bicyclic) bond motifs is 1. The summed E-state index contributed by atoms with van der Waals surface area (Å²) in [5.41, 5.74) is -0.298. The van der Waals surface area contributed by atoms with Gasteiger partial charge in [0.05, 0.1) is 5.41 Å². The number of carbonyl (C=O) groups excluding carboxylic acids is 1. The molecule has 0 saturated heterocycles. The first kappa shape index (κ1) is 12.8. The fourth-order valence-corrected chi connectivity index (χ4v) is 3.17. The summed E-state index contributed by atoms with van der Waals surface area (Å²) in [5.74, 6) is 0.854. The van der Waals surface area contributed by atoms with Crippen LogP contribution in [0.5, 0.6) is 11.5 Å². The Balaban J connectivity index is 1.92. The molecule has 1 aliphatic heterocycles. The lowest BCUT2D eigenvalue weighted by atomic mass is 9.69. The van der Waals surface area contributed by atoms with E-state index in [4.69, 9.17) is 21.1 Å². The van der Waals surface area contributed by atoms with E-state index >= 15 is 0 Å². The van der Waals surface area contributed by atoms with Crippen molar-refractivity contribution in [2.45, 2.75) is 45.3 Å². The molecule has 1 aromatic rings. The molecule has 0 N–H and O–H groups in total. The Morgan fingerprint density at radius 2 is 1.95 bits per heavy atom. The summed E-state index contributed by atoms with van der Waals surface area (Å²) in [6.07, 6.45) is 3.00. The molecule has 0 amide bonds. The third kappa shape index (κ3) is 2.00. The Bertz CT molecular complexity index is 542. The van der Waals surface area contributed by atoms with E-state index < -0.39 is 5.79 Å². The molecule has 0 spiro atoms. The largest absolute Gasteiger partial charge is 0.448 e. The summed E-state index contributed by atoms with van der Waals surface area (Å²) < 4.78 is 12.0. The standard InChI is InChI=1S/C15H17ClO3/c1-14(7-3-4-11(17)9-14)15(2)18-12-6-5-10(16)8-13(12)19-15/h5-6,8H,3-4,7,9H2,1-2H3/t14-,15+/m1/s1. The molecule has 1 aliphatic carbocycles. The minimum atomic E-state index is -0.796. The van der Waals surface area contributed by atoms with Crippen molar-refractivity contribution in [3.63, 3.8) is 0 Å². The smallest absolute Gasteiger partial charge is 0.254 e. The van der Waals surface area contributed by atoms with Gasteiger partial charge < -0.3 is 9.47 Å². The number of hydrogen-bond donors (Lipinski definition) is 0. The highest BCUT2D eigenvalue weighted by Gasteiger charge is 2.54. The van der Waals surface area contributed by atoms with Crippen LogP contribution in [0.2, 0.25) is 5.02 Å². The number of rotatable bonds is 1. The Labute approximate surface area is 117 Å². The van der Waals surface area contributed by atoms with Gasteiger partial charge in [-0.25, -0.2) is 0 Å². The highest BCUT2D eigenvalue weighted by atomic mass is 35.5. The maximum absolute atomic E-state index is 11.8. The Hall–Kier alpha value is -1.22. The van der Waals surface area contributed by atoms with E-state index in [1.165, 1.54) is 0 Å². The third-order valence-corrected chi connectivity index (χ3v) is 4.62. The lowest BCUT2D eigenvalue weighted by Crippen LogP contribution is -2.53. The SMILES string of the molecule is C[C@@]1([C@@]2(C)Oc3ccc(Cl)cc3O2)CCCC(=O)C1. The third-order valence-electron chi connectivity index (χ3n) is 4.38. The molecule has 1 aromatic carbocycles. The average Bonchev–Trinajstić information content (AvgIpc) is 2.66. The molecule has 102 valence electrons. The predicted molar refractivity (Wildman–Crippen MR) is 72.7 cm³/mol. The maximum atomic E-state index is 11.8. The average molecular weight is 281 g/mol. The van der Waals surface area contributed by atoms with E-state index in [0.717, 1.165) is 12.8 Å². The Morgan fingerprint density at radius 3 is 2.68 bits per heavy atom. The van der Waals surface area contributed by atoms with E-state index in [1.807, 2.05) is 13.0 Å². The summed E-state index contributed by atoms with van der Waals surface area (Å²) in [6, 6.07) is 5.36. The zero-order valence-corrected chi connectivity index (χ0v) is 11.9. The molecule has 0 bridgehead atoms. The molecule has 19 heavy (non-hydrogen) atoms. The van der Waals surface area contributed by atoms with E-state index in [-0.39, 0.29) is 11.2 Å². The lowest BCUT2D eigenvalue weighted by Gasteiger charge is -2.43. The van der Waals surface area contributed by atoms with Crippen LogP contribution in [0.4, 0.5) is 0 Å². The quantitative estimate of drug-likeness (QED) is 0.781. The molecule has 0 radical (unpaired) electrons.